The molecule has 0 saturated carbocycles. The van der Waals surface area contributed by atoms with Crippen LogP contribution in [0.4, 0.5) is 0 Å². The van der Waals surface area contributed by atoms with E-state index in [0.29, 0.717) is 22.3 Å². The fourth-order valence-electron chi connectivity index (χ4n) is 2.70. The minimum Gasteiger partial charge on any atom is -0.478 e. The number of carbonyl (C=O) groups is 4. The number of rotatable bonds is 5. The first-order valence-electron chi connectivity index (χ1n) is 7.27. The summed E-state index contributed by atoms with van der Waals surface area (Å²) in [4.78, 5) is 45.3. The van der Waals surface area contributed by atoms with E-state index in [4.69, 9.17) is 10.2 Å². The van der Waals surface area contributed by atoms with Crippen molar-refractivity contribution in [2.24, 2.45) is 0 Å². The molecule has 2 aromatic rings. The van der Waals surface area contributed by atoms with Crippen LogP contribution in [0.25, 0.3) is 11.1 Å². The van der Waals surface area contributed by atoms with Gasteiger partial charge in [-0.25, -0.2) is 19.2 Å². The Balaban J connectivity index is 2.84. The van der Waals surface area contributed by atoms with Gasteiger partial charge in [0.05, 0.1) is 22.3 Å². The first-order valence-corrected chi connectivity index (χ1v) is 7.27. The maximum absolute atomic E-state index is 11.4. The summed E-state index contributed by atoms with van der Waals surface area (Å²) >= 11 is 0. The van der Waals surface area contributed by atoms with E-state index in [2.05, 4.69) is 0 Å². The number of aromatic carboxylic acids is 4. The molecule has 0 aliphatic heterocycles. The number of aryl methyl sites for hydroxylation is 2. The van der Waals surface area contributed by atoms with Crippen LogP contribution >= 0.6 is 0 Å². The van der Waals surface area contributed by atoms with E-state index in [-0.39, 0.29) is 0 Å². The lowest BCUT2D eigenvalue weighted by molar-refractivity contribution is 0.0651. The van der Waals surface area contributed by atoms with Gasteiger partial charge in [-0.05, 0) is 60.4 Å². The molecule has 0 amide bonds. The van der Waals surface area contributed by atoms with Crippen LogP contribution in [0.2, 0.25) is 0 Å². The number of benzene rings is 2. The molecule has 26 heavy (non-hydrogen) atoms. The fraction of sp³-hybridized carbons (Fsp3) is 0.111. The first kappa shape index (κ1) is 18.7. The van der Waals surface area contributed by atoms with E-state index in [1.54, 1.807) is 13.8 Å². The molecule has 0 unspecified atom stereocenters. The summed E-state index contributed by atoms with van der Waals surface area (Å²) in [6.45, 7) is 3.11. The van der Waals surface area contributed by atoms with E-state index < -0.39 is 46.1 Å². The highest BCUT2D eigenvalue weighted by molar-refractivity contribution is 6.05. The van der Waals surface area contributed by atoms with E-state index in [9.17, 15) is 29.4 Å². The lowest BCUT2D eigenvalue weighted by atomic mass is 9.89. The number of hydrogen-bond donors (Lipinski definition) is 4. The topological polar surface area (TPSA) is 149 Å². The van der Waals surface area contributed by atoms with Gasteiger partial charge in [0.15, 0.2) is 0 Å². The number of hydrogen-bond acceptors (Lipinski definition) is 4. The van der Waals surface area contributed by atoms with Crippen molar-refractivity contribution in [3.8, 4) is 11.1 Å². The Morgan fingerprint density at radius 3 is 1.00 bits per heavy atom. The van der Waals surface area contributed by atoms with Crippen LogP contribution in [0, 0.1) is 13.8 Å². The molecular formula is C18H14O8. The molecule has 0 spiro atoms. The van der Waals surface area contributed by atoms with Gasteiger partial charge in [0.25, 0.3) is 0 Å². The van der Waals surface area contributed by atoms with Crippen molar-refractivity contribution >= 4 is 23.9 Å². The Morgan fingerprint density at radius 2 is 0.769 bits per heavy atom. The minimum atomic E-state index is -1.44. The zero-order valence-electron chi connectivity index (χ0n) is 13.7. The molecule has 0 atom stereocenters. The molecule has 0 heterocycles. The van der Waals surface area contributed by atoms with Crippen molar-refractivity contribution in [3.05, 3.63) is 57.6 Å². The van der Waals surface area contributed by atoms with E-state index in [1.165, 1.54) is 12.1 Å². The Morgan fingerprint density at radius 1 is 0.538 bits per heavy atom. The molecule has 0 bridgehead atoms. The van der Waals surface area contributed by atoms with Crippen LogP contribution in [0.5, 0.6) is 0 Å². The molecule has 8 nitrogen and oxygen atoms in total. The van der Waals surface area contributed by atoms with Crippen LogP contribution in [-0.4, -0.2) is 44.3 Å². The van der Waals surface area contributed by atoms with Gasteiger partial charge in [-0.2, -0.15) is 0 Å². The van der Waals surface area contributed by atoms with Crippen LogP contribution in [0.1, 0.15) is 52.6 Å². The Labute approximate surface area is 147 Å². The third kappa shape index (κ3) is 3.25. The highest BCUT2D eigenvalue weighted by atomic mass is 16.4. The summed E-state index contributed by atoms with van der Waals surface area (Å²) in [5, 5.41) is 36.9. The zero-order valence-corrected chi connectivity index (χ0v) is 13.7. The van der Waals surface area contributed by atoms with Gasteiger partial charge in [0.1, 0.15) is 0 Å². The lowest BCUT2D eigenvalue weighted by Crippen LogP contribution is -2.11. The molecule has 2 rings (SSSR count). The van der Waals surface area contributed by atoms with Gasteiger partial charge in [-0.1, -0.05) is 0 Å². The standard InChI is InChI=1S/C18H14O8/c1-7-3-11(15(19)20)13(17(23)24)5-9(7)10-6-14(18(25)26)12(16(21)22)4-8(10)2/h3-6H,1-2H3,(H,19,20)(H,21,22)(H,23,24)(H,25,26). The van der Waals surface area contributed by atoms with E-state index >= 15 is 0 Å². The second kappa shape index (κ2) is 6.67. The molecule has 0 fully saturated rings. The third-order valence-electron chi connectivity index (χ3n) is 3.94. The van der Waals surface area contributed by atoms with Gasteiger partial charge in [-0.3, -0.25) is 0 Å². The summed E-state index contributed by atoms with van der Waals surface area (Å²) in [6, 6.07) is 4.67. The molecule has 8 heteroatoms. The van der Waals surface area contributed by atoms with Gasteiger partial charge >= 0.3 is 23.9 Å². The maximum Gasteiger partial charge on any atom is 0.336 e. The second-order valence-electron chi connectivity index (χ2n) is 5.65. The smallest absolute Gasteiger partial charge is 0.336 e. The molecule has 134 valence electrons. The van der Waals surface area contributed by atoms with Crippen molar-refractivity contribution in [2.45, 2.75) is 13.8 Å². The number of carboxylic acids is 4. The Kier molecular flexibility index (Phi) is 4.79. The van der Waals surface area contributed by atoms with Crippen molar-refractivity contribution < 1.29 is 39.6 Å². The Hall–Kier alpha value is -3.68. The van der Waals surface area contributed by atoms with Crippen molar-refractivity contribution in [2.75, 3.05) is 0 Å². The SMILES string of the molecule is Cc1cc(C(=O)O)c(C(=O)O)cc1-c1cc(C(=O)O)c(C(=O)O)cc1C. The summed E-state index contributed by atoms with van der Waals surface area (Å²) < 4.78 is 0. The van der Waals surface area contributed by atoms with Crippen LogP contribution in [0.15, 0.2) is 24.3 Å². The zero-order chi connectivity index (χ0) is 19.8. The average Bonchev–Trinajstić information content (AvgIpc) is 2.53. The van der Waals surface area contributed by atoms with Gasteiger partial charge in [-0.15, -0.1) is 0 Å². The molecule has 0 radical (unpaired) electrons. The van der Waals surface area contributed by atoms with Crippen LogP contribution < -0.4 is 0 Å². The molecule has 0 aromatic heterocycles. The molecule has 4 N–H and O–H groups in total. The highest BCUT2D eigenvalue weighted by Gasteiger charge is 2.22. The predicted octanol–water partition coefficient (Wildman–Crippen LogP) is 2.76. The molecular weight excluding hydrogens is 344 g/mol. The third-order valence-corrected chi connectivity index (χ3v) is 3.94. The molecule has 0 aliphatic rings. The Bertz CT molecular complexity index is 892. The van der Waals surface area contributed by atoms with Crippen LogP contribution in [-0.2, 0) is 0 Å². The van der Waals surface area contributed by atoms with E-state index in [1.807, 2.05) is 0 Å². The second-order valence-corrected chi connectivity index (χ2v) is 5.65. The van der Waals surface area contributed by atoms with Crippen molar-refractivity contribution in [1.29, 1.82) is 0 Å². The molecule has 0 aliphatic carbocycles. The lowest BCUT2D eigenvalue weighted by Gasteiger charge is -2.14. The quantitative estimate of drug-likeness (QED) is 0.637. The van der Waals surface area contributed by atoms with Crippen molar-refractivity contribution in [3.63, 3.8) is 0 Å². The predicted molar refractivity (Wildman–Crippen MR) is 89.2 cm³/mol. The summed E-state index contributed by atoms with van der Waals surface area (Å²) in [5.41, 5.74) is -0.235. The fourth-order valence-corrected chi connectivity index (χ4v) is 2.70. The van der Waals surface area contributed by atoms with Crippen LogP contribution in [0.3, 0.4) is 0 Å². The molecule has 2 aromatic carbocycles. The minimum absolute atomic E-state index is 0.310. The summed E-state index contributed by atoms with van der Waals surface area (Å²) in [5.74, 6) is -5.69. The first-order chi connectivity index (χ1) is 12.0. The summed E-state index contributed by atoms with van der Waals surface area (Å²) in [7, 11) is 0. The average molecular weight is 358 g/mol. The monoisotopic (exact) mass is 358 g/mol. The van der Waals surface area contributed by atoms with E-state index in [0.717, 1.165) is 12.1 Å². The molecule has 0 saturated heterocycles. The summed E-state index contributed by atoms with van der Waals surface area (Å²) in [6.07, 6.45) is 0. The number of carboxylic acid groups (broad SMARTS) is 4. The van der Waals surface area contributed by atoms with Gasteiger partial charge < -0.3 is 20.4 Å². The van der Waals surface area contributed by atoms with Gasteiger partial charge in [0.2, 0.25) is 0 Å². The highest BCUT2D eigenvalue weighted by Crippen LogP contribution is 2.32. The normalized spacial score (nSPS) is 10.4. The largest absolute Gasteiger partial charge is 0.478 e. The maximum atomic E-state index is 11.4. The van der Waals surface area contributed by atoms with Crippen molar-refractivity contribution in [1.82, 2.24) is 0 Å². The van der Waals surface area contributed by atoms with Gasteiger partial charge in [0, 0.05) is 0 Å².